The number of thioether (sulfide) groups is 1. The van der Waals surface area contributed by atoms with Crippen LogP contribution in [-0.2, 0) is 5.88 Å². The number of aromatic nitrogens is 4. The molecule has 0 spiro atoms. The predicted octanol–water partition coefficient (Wildman–Crippen LogP) is 2.57. The number of fused-ring (bicyclic) bond motifs is 1. The molecule has 0 amide bonds. The minimum absolute atomic E-state index is 0.153. The van der Waals surface area contributed by atoms with Gasteiger partial charge in [-0.25, -0.2) is 9.67 Å². The number of rotatable bonds is 3. The Balaban J connectivity index is 2.38. The van der Waals surface area contributed by atoms with Crippen LogP contribution in [0.3, 0.4) is 0 Å². The maximum absolute atomic E-state index is 12.2. The minimum atomic E-state index is -0.211. The number of alkyl halides is 1. The number of hydrogen-bond donors (Lipinski definition) is 1. The van der Waals surface area contributed by atoms with Gasteiger partial charge in [-0.1, -0.05) is 18.2 Å². The van der Waals surface area contributed by atoms with Gasteiger partial charge in [0.15, 0.2) is 5.65 Å². The normalized spacial score (nSPS) is 11.1. The van der Waals surface area contributed by atoms with Crippen LogP contribution >= 0.6 is 23.4 Å². The molecule has 0 fully saturated rings. The van der Waals surface area contributed by atoms with E-state index in [0.717, 1.165) is 5.69 Å². The fraction of sp³-hybridized carbons (Fsp3) is 0.154. The summed E-state index contributed by atoms with van der Waals surface area (Å²) in [4.78, 5) is 19.2. The van der Waals surface area contributed by atoms with E-state index >= 15 is 0 Å². The van der Waals surface area contributed by atoms with Crippen molar-refractivity contribution in [2.75, 3.05) is 6.26 Å². The Morgan fingerprint density at radius 2 is 2.10 bits per heavy atom. The Hall–Kier alpha value is -1.79. The van der Waals surface area contributed by atoms with Crippen LogP contribution < -0.4 is 5.56 Å². The molecule has 0 unspecified atom stereocenters. The molecule has 7 heteroatoms. The summed E-state index contributed by atoms with van der Waals surface area (Å²) in [7, 11) is 0. The summed E-state index contributed by atoms with van der Waals surface area (Å²) in [5.41, 5.74) is 1.17. The van der Waals surface area contributed by atoms with Gasteiger partial charge in [-0.2, -0.15) is 5.10 Å². The lowest BCUT2D eigenvalue weighted by Crippen LogP contribution is -2.11. The average Bonchev–Trinajstić information content (AvgIpc) is 2.87. The average molecular weight is 307 g/mol. The van der Waals surface area contributed by atoms with Gasteiger partial charge < -0.3 is 4.98 Å². The number of nitrogens with zero attached hydrogens (tertiary/aromatic N) is 3. The number of H-pyrrole nitrogens is 1. The van der Waals surface area contributed by atoms with Gasteiger partial charge >= 0.3 is 0 Å². The molecule has 2 heterocycles. The van der Waals surface area contributed by atoms with E-state index in [1.54, 1.807) is 4.68 Å². The first-order valence-electron chi connectivity index (χ1n) is 5.92. The van der Waals surface area contributed by atoms with Crippen molar-refractivity contribution in [3.8, 4) is 5.69 Å². The van der Waals surface area contributed by atoms with Crippen molar-refractivity contribution in [1.82, 2.24) is 19.7 Å². The van der Waals surface area contributed by atoms with Crippen LogP contribution in [0.1, 0.15) is 5.82 Å². The predicted molar refractivity (Wildman–Crippen MR) is 80.8 cm³/mol. The van der Waals surface area contributed by atoms with E-state index in [1.165, 1.54) is 11.8 Å². The first kappa shape index (κ1) is 13.2. The van der Waals surface area contributed by atoms with Crippen LogP contribution in [0.2, 0.25) is 0 Å². The zero-order valence-corrected chi connectivity index (χ0v) is 12.2. The van der Waals surface area contributed by atoms with Gasteiger partial charge in [0.1, 0.15) is 16.2 Å². The van der Waals surface area contributed by atoms with Crippen LogP contribution in [0.5, 0.6) is 0 Å². The SMILES string of the molecule is CSc1nn(-c2ccccc2)c2nc(CCl)[nH]c(=O)c12. The van der Waals surface area contributed by atoms with Crippen molar-refractivity contribution < 1.29 is 0 Å². The van der Waals surface area contributed by atoms with Crippen molar-refractivity contribution in [1.29, 1.82) is 0 Å². The molecule has 0 bridgehead atoms. The van der Waals surface area contributed by atoms with E-state index in [-0.39, 0.29) is 11.4 Å². The van der Waals surface area contributed by atoms with E-state index in [4.69, 9.17) is 11.6 Å². The molecule has 0 atom stereocenters. The standard InChI is InChI=1S/C13H11ClN4OS/c1-20-13-10-11(15-9(7-14)16-12(10)19)18(17-13)8-5-3-2-4-6-8/h2-6H,7H2,1H3,(H,15,16,19). The molecular weight excluding hydrogens is 296 g/mol. The van der Waals surface area contributed by atoms with Gasteiger partial charge in [0, 0.05) is 0 Å². The molecular formula is C13H11ClN4OS. The largest absolute Gasteiger partial charge is 0.309 e. The van der Waals surface area contributed by atoms with E-state index in [9.17, 15) is 4.79 Å². The topological polar surface area (TPSA) is 63.6 Å². The zero-order valence-electron chi connectivity index (χ0n) is 10.6. The molecule has 0 saturated heterocycles. The molecule has 0 radical (unpaired) electrons. The van der Waals surface area contributed by atoms with Crippen molar-refractivity contribution in [2.45, 2.75) is 10.9 Å². The number of para-hydroxylation sites is 1. The first-order valence-corrected chi connectivity index (χ1v) is 7.68. The fourth-order valence-corrected chi connectivity index (χ4v) is 2.67. The Morgan fingerprint density at radius 1 is 1.35 bits per heavy atom. The lowest BCUT2D eigenvalue weighted by molar-refractivity contribution is 0.848. The highest BCUT2D eigenvalue weighted by Crippen LogP contribution is 2.24. The van der Waals surface area contributed by atoms with Gasteiger partial charge in [0.05, 0.1) is 11.6 Å². The summed E-state index contributed by atoms with van der Waals surface area (Å²) in [6.45, 7) is 0. The quantitative estimate of drug-likeness (QED) is 0.597. The van der Waals surface area contributed by atoms with Crippen molar-refractivity contribution in [3.63, 3.8) is 0 Å². The highest BCUT2D eigenvalue weighted by atomic mass is 35.5. The van der Waals surface area contributed by atoms with Crippen LogP contribution in [0, 0.1) is 0 Å². The summed E-state index contributed by atoms with van der Waals surface area (Å²) in [5.74, 6) is 0.591. The Morgan fingerprint density at radius 3 is 2.75 bits per heavy atom. The molecule has 5 nitrogen and oxygen atoms in total. The van der Waals surface area contributed by atoms with E-state index in [2.05, 4.69) is 15.1 Å². The van der Waals surface area contributed by atoms with Gasteiger partial charge in [0.25, 0.3) is 5.56 Å². The first-order chi connectivity index (χ1) is 9.74. The van der Waals surface area contributed by atoms with Crippen LogP contribution in [0.15, 0.2) is 40.2 Å². The summed E-state index contributed by atoms with van der Waals surface area (Å²) in [6, 6.07) is 9.59. The Bertz CT molecular complexity index is 812. The molecule has 1 N–H and O–H groups in total. The number of halogens is 1. The molecule has 0 saturated carbocycles. The molecule has 3 rings (SSSR count). The summed E-state index contributed by atoms with van der Waals surface area (Å²) < 4.78 is 1.67. The van der Waals surface area contributed by atoms with Gasteiger partial charge in [-0.3, -0.25) is 4.79 Å². The lowest BCUT2D eigenvalue weighted by Gasteiger charge is -2.02. The van der Waals surface area contributed by atoms with Crippen LogP contribution in [-0.4, -0.2) is 26.0 Å². The number of benzene rings is 1. The van der Waals surface area contributed by atoms with Gasteiger partial charge in [0.2, 0.25) is 0 Å². The van der Waals surface area contributed by atoms with E-state index in [0.29, 0.717) is 21.9 Å². The monoisotopic (exact) mass is 306 g/mol. The van der Waals surface area contributed by atoms with Crippen molar-refractivity contribution in [2.24, 2.45) is 0 Å². The second-order valence-electron chi connectivity index (χ2n) is 4.10. The maximum atomic E-state index is 12.2. The molecule has 0 aliphatic carbocycles. The third-order valence-electron chi connectivity index (χ3n) is 2.88. The second kappa shape index (κ2) is 5.30. The molecule has 0 aliphatic rings. The number of hydrogen-bond acceptors (Lipinski definition) is 4. The second-order valence-corrected chi connectivity index (χ2v) is 5.16. The molecule has 1 aromatic carbocycles. The van der Waals surface area contributed by atoms with Gasteiger partial charge in [-0.05, 0) is 18.4 Å². The highest BCUT2D eigenvalue weighted by molar-refractivity contribution is 7.98. The van der Waals surface area contributed by atoms with Crippen molar-refractivity contribution >= 4 is 34.4 Å². The number of nitrogens with one attached hydrogen (secondary N) is 1. The molecule has 3 aromatic rings. The zero-order chi connectivity index (χ0) is 14.1. The smallest absolute Gasteiger partial charge is 0.263 e. The van der Waals surface area contributed by atoms with E-state index < -0.39 is 0 Å². The summed E-state index contributed by atoms with van der Waals surface area (Å²) in [6.07, 6.45) is 1.88. The van der Waals surface area contributed by atoms with Crippen LogP contribution in [0.25, 0.3) is 16.7 Å². The summed E-state index contributed by atoms with van der Waals surface area (Å²) >= 11 is 7.19. The maximum Gasteiger partial charge on any atom is 0.263 e. The lowest BCUT2D eigenvalue weighted by atomic mass is 10.3. The van der Waals surface area contributed by atoms with E-state index in [1.807, 2.05) is 36.6 Å². The minimum Gasteiger partial charge on any atom is -0.309 e. The highest BCUT2D eigenvalue weighted by Gasteiger charge is 2.16. The third-order valence-corrected chi connectivity index (χ3v) is 3.80. The molecule has 20 heavy (non-hydrogen) atoms. The third kappa shape index (κ3) is 2.10. The molecule has 2 aromatic heterocycles. The Kier molecular flexibility index (Phi) is 3.50. The summed E-state index contributed by atoms with van der Waals surface area (Å²) in [5, 5.41) is 5.62. The molecule has 0 aliphatic heterocycles. The number of aromatic amines is 1. The fourth-order valence-electron chi connectivity index (χ4n) is 2.00. The van der Waals surface area contributed by atoms with Gasteiger partial charge in [-0.15, -0.1) is 23.4 Å². The Labute approximate surface area is 124 Å². The van der Waals surface area contributed by atoms with Crippen LogP contribution in [0.4, 0.5) is 0 Å². The molecule has 102 valence electrons. The van der Waals surface area contributed by atoms with Crippen molar-refractivity contribution in [3.05, 3.63) is 46.5 Å².